The fourth-order valence-electron chi connectivity index (χ4n) is 3.87. The van der Waals surface area contributed by atoms with Crippen LogP contribution in [0.4, 0.5) is 0 Å². The highest BCUT2D eigenvalue weighted by atomic mass is 32.2. The van der Waals surface area contributed by atoms with Crippen LogP contribution in [0.3, 0.4) is 0 Å². The molecule has 2 aromatic heterocycles. The van der Waals surface area contributed by atoms with Crippen molar-refractivity contribution in [1.29, 1.82) is 0 Å². The minimum absolute atomic E-state index is 0.0355. The van der Waals surface area contributed by atoms with E-state index in [0.717, 1.165) is 13.1 Å². The lowest BCUT2D eigenvalue weighted by Gasteiger charge is -2.35. The van der Waals surface area contributed by atoms with E-state index in [2.05, 4.69) is 25.6 Å². The molecule has 3 aromatic rings. The Morgan fingerprint density at radius 1 is 1.15 bits per heavy atom. The van der Waals surface area contributed by atoms with Gasteiger partial charge in [0.05, 0.1) is 30.0 Å². The highest BCUT2D eigenvalue weighted by Gasteiger charge is 2.22. The molecule has 2 N–H and O–H groups in total. The summed E-state index contributed by atoms with van der Waals surface area (Å²) in [4.78, 5) is 19.7. The quantitative estimate of drug-likeness (QED) is 0.472. The molecule has 0 bridgehead atoms. The second-order valence-corrected chi connectivity index (χ2v) is 8.56. The number of carbonyl (C=O) groups is 1. The van der Waals surface area contributed by atoms with Crippen molar-refractivity contribution in [2.75, 3.05) is 26.3 Å². The first-order valence-corrected chi connectivity index (χ1v) is 11.6. The molecule has 2 aliphatic rings. The van der Waals surface area contributed by atoms with Gasteiger partial charge in [0.15, 0.2) is 22.0 Å². The summed E-state index contributed by atoms with van der Waals surface area (Å²) in [6.45, 7) is 2.97. The summed E-state index contributed by atoms with van der Waals surface area (Å²) in [5, 5.41) is 10.7. The molecule has 0 spiro atoms. The molecule has 1 aromatic carbocycles. The predicted molar refractivity (Wildman–Crippen MR) is 121 cm³/mol. The molecular weight excluding hydrogens is 444 g/mol. The zero-order valence-electron chi connectivity index (χ0n) is 17.5. The number of imidazole rings is 1. The lowest BCUT2D eigenvalue weighted by molar-refractivity contribution is 0.0206. The van der Waals surface area contributed by atoms with E-state index in [4.69, 9.17) is 4.74 Å². The topological polar surface area (TPSA) is 118 Å². The number of fused-ring (bicyclic) bond motifs is 1. The van der Waals surface area contributed by atoms with Crippen molar-refractivity contribution in [2.45, 2.75) is 11.1 Å². The summed E-state index contributed by atoms with van der Waals surface area (Å²) in [5.41, 5.74) is 1.60. The fraction of sp³-hybridized carbons (Fsp3) is 0.227. The number of nitrogens with one attached hydrogen (secondary N) is 2. The zero-order valence-corrected chi connectivity index (χ0v) is 18.4. The van der Waals surface area contributed by atoms with Crippen molar-refractivity contribution in [1.82, 2.24) is 30.1 Å². The van der Waals surface area contributed by atoms with Gasteiger partial charge in [-0.3, -0.25) is 9.69 Å². The molecule has 1 saturated heterocycles. The molecule has 4 heterocycles. The fourth-order valence-corrected chi connectivity index (χ4v) is 4.46. The predicted octanol–water partition coefficient (Wildman–Crippen LogP) is 0.755. The third-order valence-corrected chi connectivity index (χ3v) is 6.30. The van der Waals surface area contributed by atoms with E-state index in [1.54, 1.807) is 36.4 Å². The van der Waals surface area contributed by atoms with Crippen molar-refractivity contribution >= 4 is 22.3 Å². The Labute approximate surface area is 191 Å². The lowest BCUT2D eigenvalue weighted by Crippen LogP contribution is -2.52. The first-order valence-electron chi connectivity index (χ1n) is 10.5. The van der Waals surface area contributed by atoms with E-state index < -0.39 is 10.7 Å². The molecule has 0 aliphatic carbocycles. The minimum atomic E-state index is -2.79. The molecule has 2 aliphatic heterocycles. The third kappa shape index (κ3) is 4.38. The maximum Gasteiger partial charge on any atom is 0.277 e. The molecule has 1 unspecified atom stereocenters. The van der Waals surface area contributed by atoms with E-state index in [1.165, 1.54) is 16.8 Å². The molecule has 0 saturated carbocycles. The van der Waals surface area contributed by atoms with Gasteiger partial charge in [-0.1, -0.05) is 24.3 Å². The van der Waals surface area contributed by atoms with E-state index in [1.807, 2.05) is 12.2 Å². The number of amides is 1. The summed E-state index contributed by atoms with van der Waals surface area (Å²) in [7, 11) is -2.79. The smallest absolute Gasteiger partial charge is 0.277 e. The molecule has 33 heavy (non-hydrogen) atoms. The number of aromatic nitrogens is 3. The number of rotatable bonds is 5. The van der Waals surface area contributed by atoms with Gasteiger partial charge in [-0.15, -0.1) is 0 Å². The molecular formula is C22H22N6O4S. The number of hydrogen-bond donors (Lipinski definition) is 3. The highest BCUT2D eigenvalue weighted by Crippen LogP contribution is 2.23. The van der Waals surface area contributed by atoms with E-state index in [9.17, 15) is 13.2 Å². The number of hydrogen-bond acceptors (Lipinski definition) is 8. The van der Waals surface area contributed by atoms with Crippen LogP contribution in [0, 0.1) is 0 Å². The molecule has 1 atom stereocenters. The highest BCUT2D eigenvalue weighted by molar-refractivity contribution is 7.72. The number of allylic oxidation sites excluding steroid dienone is 2. The Hall–Kier alpha value is -3.54. The van der Waals surface area contributed by atoms with Gasteiger partial charge in [0.25, 0.3) is 5.91 Å². The molecule has 10 nitrogen and oxygen atoms in total. The van der Waals surface area contributed by atoms with Gasteiger partial charge < -0.3 is 15.4 Å². The van der Waals surface area contributed by atoms with Crippen LogP contribution in [0.1, 0.15) is 10.5 Å². The van der Waals surface area contributed by atoms with Crippen molar-refractivity contribution in [2.24, 2.45) is 0 Å². The Morgan fingerprint density at radius 3 is 2.79 bits per heavy atom. The third-order valence-electron chi connectivity index (χ3n) is 5.52. The zero-order chi connectivity index (χ0) is 22.8. The van der Waals surface area contributed by atoms with Crippen LogP contribution in [0.5, 0.6) is 0 Å². The molecule has 0 radical (unpaired) electrons. The number of nitrogens with zero attached hydrogens (tertiary/aromatic N) is 4. The minimum Gasteiger partial charge on any atom is -0.379 e. The first kappa shape index (κ1) is 21.3. The van der Waals surface area contributed by atoms with Gasteiger partial charge in [0.1, 0.15) is 12.0 Å². The summed E-state index contributed by atoms with van der Waals surface area (Å²) in [6.07, 6.45) is 7.13. The second-order valence-electron chi connectivity index (χ2n) is 7.56. The standard InChI is InChI=1S/C22H22N6O4S/c29-22(25-19-6-3-7-21(24-19)27-10-12-32-13-11-27)17-14-23-20-9-8-16(26-28(17)20)15-4-1-2-5-18(15)33(30)31/h1-9,14,21,24,33H,10-13H2,(H,25,29). The number of benzene rings is 1. The van der Waals surface area contributed by atoms with Crippen LogP contribution in [-0.4, -0.2) is 66.3 Å². The summed E-state index contributed by atoms with van der Waals surface area (Å²) in [6, 6.07) is 9.98. The van der Waals surface area contributed by atoms with Crippen molar-refractivity contribution in [3.8, 4) is 11.3 Å². The Balaban J connectivity index is 1.39. The Morgan fingerprint density at radius 2 is 1.97 bits per heavy atom. The Bertz CT molecular complexity index is 1330. The molecule has 5 rings (SSSR count). The largest absolute Gasteiger partial charge is 0.379 e. The van der Waals surface area contributed by atoms with Crippen LogP contribution < -0.4 is 10.6 Å². The maximum absolute atomic E-state index is 13.0. The summed E-state index contributed by atoms with van der Waals surface area (Å²) >= 11 is 0. The summed E-state index contributed by atoms with van der Waals surface area (Å²) < 4.78 is 30.1. The molecule has 1 fully saturated rings. The molecule has 1 amide bonds. The van der Waals surface area contributed by atoms with E-state index in [-0.39, 0.29) is 22.7 Å². The number of dihydropyridines is 1. The summed E-state index contributed by atoms with van der Waals surface area (Å²) in [5.74, 6) is 0.184. The normalized spacial score (nSPS) is 18.8. The number of ether oxygens (including phenoxy) is 1. The molecule has 170 valence electrons. The maximum atomic E-state index is 13.0. The van der Waals surface area contributed by atoms with Gasteiger partial charge in [0, 0.05) is 18.7 Å². The van der Waals surface area contributed by atoms with Gasteiger partial charge in [0.2, 0.25) is 0 Å². The van der Waals surface area contributed by atoms with Crippen LogP contribution in [-0.2, 0) is 15.4 Å². The van der Waals surface area contributed by atoms with Gasteiger partial charge in [-0.25, -0.2) is 17.9 Å². The van der Waals surface area contributed by atoms with Crippen LogP contribution in [0.25, 0.3) is 16.9 Å². The van der Waals surface area contributed by atoms with Gasteiger partial charge in [-0.05, 0) is 30.4 Å². The van der Waals surface area contributed by atoms with Crippen LogP contribution in [0.2, 0.25) is 0 Å². The van der Waals surface area contributed by atoms with Gasteiger partial charge >= 0.3 is 0 Å². The van der Waals surface area contributed by atoms with Crippen molar-refractivity contribution < 1.29 is 17.9 Å². The lowest BCUT2D eigenvalue weighted by atomic mass is 10.1. The second kappa shape index (κ2) is 9.14. The van der Waals surface area contributed by atoms with E-state index in [0.29, 0.717) is 35.9 Å². The van der Waals surface area contributed by atoms with Crippen LogP contribution >= 0.6 is 0 Å². The average Bonchev–Trinajstić information content (AvgIpc) is 3.28. The SMILES string of the molecule is O=C(NC1=CC=CC(N2CCOCC2)N1)c1cnc2ccc(-c3ccccc3[SH](=O)=O)nn12. The first-order chi connectivity index (χ1) is 16.1. The Kier molecular flexibility index (Phi) is 5.90. The molecule has 11 heteroatoms. The van der Waals surface area contributed by atoms with Crippen molar-refractivity contribution in [3.05, 3.63) is 72.3 Å². The monoisotopic (exact) mass is 466 g/mol. The van der Waals surface area contributed by atoms with Gasteiger partial charge in [-0.2, -0.15) is 5.10 Å². The number of thiol groups is 1. The van der Waals surface area contributed by atoms with Crippen LogP contribution in [0.15, 0.2) is 71.5 Å². The van der Waals surface area contributed by atoms with E-state index >= 15 is 0 Å². The number of morpholine rings is 1. The average molecular weight is 467 g/mol. The number of carbonyl (C=O) groups excluding carboxylic acids is 1. The van der Waals surface area contributed by atoms with Crippen molar-refractivity contribution in [3.63, 3.8) is 0 Å².